The number of benzene rings is 1. The van der Waals surface area contributed by atoms with Gasteiger partial charge in [-0.05, 0) is 24.1 Å². The Kier molecular flexibility index (Phi) is 3.48. The molecule has 4 nitrogen and oxygen atoms in total. The van der Waals surface area contributed by atoms with E-state index in [2.05, 4.69) is 10.1 Å². The average molecular weight is 307 g/mol. The summed E-state index contributed by atoms with van der Waals surface area (Å²) >= 11 is 0. The first-order valence-electron chi connectivity index (χ1n) is 6.69. The second-order valence-electron chi connectivity index (χ2n) is 4.87. The predicted molar refractivity (Wildman–Crippen MR) is 73.2 cm³/mol. The molecule has 0 atom stereocenters. The molecule has 0 aliphatic heterocycles. The number of aryl methyl sites for hydroxylation is 1. The molecule has 0 amide bonds. The van der Waals surface area contributed by atoms with Crippen LogP contribution in [0, 0.1) is 17.5 Å². The van der Waals surface area contributed by atoms with Crippen molar-refractivity contribution in [3.8, 4) is 5.88 Å². The van der Waals surface area contributed by atoms with Crippen LogP contribution >= 0.6 is 0 Å². The summed E-state index contributed by atoms with van der Waals surface area (Å²) in [5, 5.41) is 14.2. The van der Waals surface area contributed by atoms with Gasteiger partial charge in [0.2, 0.25) is 5.88 Å². The second kappa shape index (κ2) is 5.32. The van der Waals surface area contributed by atoms with Crippen LogP contribution in [-0.2, 0) is 12.8 Å². The van der Waals surface area contributed by atoms with Gasteiger partial charge in [0.1, 0.15) is 0 Å². The van der Waals surface area contributed by atoms with E-state index in [4.69, 9.17) is 0 Å². The van der Waals surface area contributed by atoms with Crippen LogP contribution in [0.4, 0.5) is 13.2 Å². The Bertz CT molecular complexity index is 838. The lowest BCUT2D eigenvalue weighted by Gasteiger charge is -2.11. The fourth-order valence-corrected chi connectivity index (χ4v) is 2.39. The van der Waals surface area contributed by atoms with Crippen molar-refractivity contribution in [3.63, 3.8) is 0 Å². The predicted octanol–water partition coefficient (Wildman–Crippen LogP) is 3.01. The number of fused-ring (bicyclic) bond motifs is 1. The number of hydrogen-bond acceptors (Lipinski definition) is 3. The van der Waals surface area contributed by atoms with Crippen molar-refractivity contribution in [2.24, 2.45) is 0 Å². The van der Waals surface area contributed by atoms with Crippen LogP contribution in [0.3, 0.4) is 0 Å². The lowest BCUT2D eigenvalue weighted by Crippen LogP contribution is -2.05. The van der Waals surface area contributed by atoms with Gasteiger partial charge in [0.25, 0.3) is 0 Å². The molecule has 2 heterocycles. The first kappa shape index (κ1) is 14.4. The Morgan fingerprint density at radius 2 is 1.86 bits per heavy atom. The van der Waals surface area contributed by atoms with Crippen LogP contribution in [0.2, 0.25) is 0 Å². The third-order valence-electron chi connectivity index (χ3n) is 3.45. The van der Waals surface area contributed by atoms with E-state index in [0.29, 0.717) is 23.3 Å². The zero-order valence-electron chi connectivity index (χ0n) is 11.6. The van der Waals surface area contributed by atoms with E-state index in [1.165, 1.54) is 10.7 Å². The number of nitrogens with zero attached hydrogens (tertiary/aromatic N) is 3. The molecule has 0 radical (unpaired) electrons. The number of aromatic hydroxyl groups is 1. The Morgan fingerprint density at radius 1 is 1.18 bits per heavy atom. The number of hydrogen-bond donors (Lipinski definition) is 1. The molecule has 3 aromatic rings. The summed E-state index contributed by atoms with van der Waals surface area (Å²) in [7, 11) is 0. The Morgan fingerprint density at radius 3 is 2.50 bits per heavy atom. The highest BCUT2D eigenvalue weighted by atomic mass is 19.2. The average Bonchev–Trinajstić information content (AvgIpc) is 2.96. The molecule has 0 fully saturated rings. The van der Waals surface area contributed by atoms with E-state index in [9.17, 15) is 18.3 Å². The minimum Gasteiger partial charge on any atom is -0.493 e. The minimum atomic E-state index is -1.51. The normalized spacial score (nSPS) is 11.3. The summed E-state index contributed by atoms with van der Waals surface area (Å²) in [4.78, 5) is 4.35. The summed E-state index contributed by atoms with van der Waals surface area (Å²) in [5.41, 5.74) is 1.68. The van der Waals surface area contributed by atoms with Gasteiger partial charge in [-0.2, -0.15) is 9.61 Å². The first-order valence-corrected chi connectivity index (χ1v) is 6.69. The summed E-state index contributed by atoms with van der Waals surface area (Å²) in [6.07, 6.45) is 2.03. The van der Waals surface area contributed by atoms with Crippen molar-refractivity contribution in [1.82, 2.24) is 14.6 Å². The van der Waals surface area contributed by atoms with Crippen LogP contribution in [0.1, 0.15) is 23.7 Å². The van der Waals surface area contributed by atoms with Crippen molar-refractivity contribution in [2.75, 3.05) is 0 Å². The van der Waals surface area contributed by atoms with Gasteiger partial charge in [0.15, 0.2) is 23.1 Å². The van der Waals surface area contributed by atoms with Gasteiger partial charge in [0.05, 0.1) is 11.9 Å². The third-order valence-corrected chi connectivity index (χ3v) is 3.45. The molecule has 2 aromatic heterocycles. The number of aromatic nitrogens is 3. The summed E-state index contributed by atoms with van der Waals surface area (Å²) in [6.45, 7) is 1.85. The SMILES string of the molecule is CCc1nc2ccnn2c(O)c1Cc1cc(F)c(F)c(F)c1. The molecule has 114 valence electrons. The maximum Gasteiger partial charge on any atom is 0.219 e. The third kappa shape index (κ3) is 2.28. The molecular weight excluding hydrogens is 295 g/mol. The minimum absolute atomic E-state index is 0.0198. The van der Waals surface area contributed by atoms with Gasteiger partial charge in [-0.1, -0.05) is 6.92 Å². The maximum absolute atomic E-state index is 13.3. The molecule has 0 spiro atoms. The smallest absolute Gasteiger partial charge is 0.219 e. The van der Waals surface area contributed by atoms with Crippen LogP contribution in [0.5, 0.6) is 5.88 Å². The quantitative estimate of drug-likeness (QED) is 0.757. The van der Waals surface area contributed by atoms with Crippen LogP contribution in [-0.4, -0.2) is 19.7 Å². The number of rotatable bonds is 3. The van der Waals surface area contributed by atoms with E-state index < -0.39 is 17.5 Å². The lowest BCUT2D eigenvalue weighted by atomic mass is 10.0. The molecule has 0 saturated carbocycles. The molecule has 7 heteroatoms. The summed E-state index contributed by atoms with van der Waals surface area (Å²) in [6, 6.07) is 3.45. The molecule has 0 aliphatic rings. The van der Waals surface area contributed by atoms with E-state index in [1.807, 2.05) is 6.92 Å². The van der Waals surface area contributed by atoms with Gasteiger partial charge >= 0.3 is 0 Å². The van der Waals surface area contributed by atoms with Gasteiger partial charge in [-0.15, -0.1) is 0 Å². The van der Waals surface area contributed by atoms with Gasteiger partial charge in [-0.3, -0.25) is 0 Å². The monoisotopic (exact) mass is 307 g/mol. The number of halogens is 3. The Hall–Kier alpha value is -2.57. The van der Waals surface area contributed by atoms with E-state index >= 15 is 0 Å². The van der Waals surface area contributed by atoms with Crippen LogP contribution in [0.15, 0.2) is 24.4 Å². The fraction of sp³-hybridized carbons (Fsp3) is 0.200. The van der Waals surface area contributed by atoms with E-state index in [0.717, 1.165) is 12.1 Å². The molecule has 0 unspecified atom stereocenters. The standard InChI is InChI=1S/C15H12F3N3O/c1-2-12-9(15(22)21-13(20-12)3-4-19-21)5-8-6-10(16)14(18)11(17)7-8/h3-4,6-7,22H,2,5H2,1H3. The second-order valence-corrected chi connectivity index (χ2v) is 4.87. The molecular formula is C15H12F3N3O. The van der Waals surface area contributed by atoms with Crippen molar-refractivity contribution in [2.45, 2.75) is 19.8 Å². The largest absolute Gasteiger partial charge is 0.493 e. The molecule has 0 bridgehead atoms. The molecule has 3 rings (SSSR count). The zero-order valence-corrected chi connectivity index (χ0v) is 11.6. The zero-order chi connectivity index (χ0) is 15.9. The Balaban J connectivity index is 2.12. The molecule has 1 aromatic carbocycles. The molecule has 0 saturated heterocycles. The summed E-state index contributed by atoms with van der Waals surface area (Å²) in [5.74, 6) is -4.18. The highest BCUT2D eigenvalue weighted by molar-refractivity contribution is 5.46. The molecule has 1 N–H and O–H groups in total. The van der Waals surface area contributed by atoms with Gasteiger partial charge < -0.3 is 5.11 Å². The van der Waals surface area contributed by atoms with Crippen molar-refractivity contribution in [1.29, 1.82) is 0 Å². The highest BCUT2D eigenvalue weighted by Gasteiger charge is 2.17. The van der Waals surface area contributed by atoms with Crippen LogP contribution < -0.4 is 0 Å². The van der Waals surface area contributed by atoms with Crippen molar-refractivity contribution < 1.29 is 18.3 Å². The summed E-state index contributed by atoms with van der Waals surface area (Å²) < 4.78 is 40.9. The van der Waals surface area contributed by atoms with Gasteiger partial charge in [0, 0.05) is 18.1 Å². The van der Waals surface area contributed by atoms with Crippen molar-refractivity contribution >= 4 is 5.65 Å². The Labute approximate surface area is 123 Å². The molecule has 22 heavy (non-hydrogen) atoms. The topological polar surface area (TPSA) is 50.4 Å². The highest BCUT2D eigenvalue weighted by Crippen LogP contribution is 2.26. The maximum atomic E-state index is 13.3. The van der Waals surface area contributed by atoms with E-state index in [-0.39, 0.29) is 17.9 Å². The fourth-order valence-electron chi connectivity index (χ4n) is 2.39. The van der Waals surface area contributed by atoms with Crippen molar-refractivity contribution in [3.05, 3.63) is 58.7 Å². The van der Waals surface area contributed by atoms with Gasteiger partial charge in [-0.25, -0.2) is 18.2 Å². The first-order chi connectivity index (χ1) is 10.5. The molecule has 0 aliphatic carbocycles. The van der Waals surface area contributed by atoms with Crippen LogP contribution in [0.25, 0.3) is 5.65 Å². The van der Waals surface area contributed by atoms with E-state index in [1.54, 1.807) is 6.07 Å². The lowest BCUT2D eigenvalue weighted by molar-refractivity contribution is 0.426.